The molecule has 0 heteroatoms. The Hall–Kier alpha value is -0.780. The van der Waals surface area contributed by atoms with E-state index in [4.69, 9.17) is 0 Å². The lowest BCUT2D eigenvalue weighted by Crippen LogP contribution is -2.18. The second-order valence-electron chi connectivity index (χ2n) is 12.9. The molecule has 3 saturated carbocycles. The Morgan fingerprint density at radius 1 is 0.471 bits per heavy atom. The summed E-state index contributed by atoms with van der Waals surface area (Å²) in [4.78, 5) is 0. The molecule has 34 heavy (non-hydrogen) atoms. The molecule has 0 heterocycles. The predicted octanol–water partition coefficient (Wildman–Crippen LogP) is 10.9. The van der Waals surface area contributed by atoms with Crippen LogP contribution in [0.15, 0.2) is 24.3 Å². The molecule has 1 aromatic rings. The van der Waals surface area contributed by atoms with Crippen molar-refractivity contribution in [2.45, 2.75) is 148 Å². The van der Waals surface area contributed by atoms with Crippen molar-refractivity contribution in [3.63, 3.8) is 0 Å². The second-order valence-corrected chi connectivity index (χ2v) is 12.9. The summed E-state index contributed by atoms with van der Waals surface area (Å²) in [6.45, 7) is 4.70. The van der Waals surface area contributed by atoms with Crippen LogP contribution < -0.4 is 0 Å². The number of rotatable bonds is 11. The minimum Gasteiger partial charge on any atom is -0.0654 e. The highest BCUT2D eigenvalue weighted by Crippen LogP contribution is 2.39. The molecule has 0 saturated heterocycles. The first-order chi connectivity index (χ1) is 16.7. The SMILES string of the molecule is CCC[C@H]1CC[C@H](CC[C@H]2CC[C@H](CCc3ccc([C@H]4CC[C@H](CCC)CC4)cc3)CC2)CC1. The summed E-state index contributed by atoms with van der Waals surface area (Å²) >= 11 is 0. The van der Waals surface area contributed by atoms with Gasteiger partial charge in [0, 0.05) is 0 Å². The van der Waals surface area contributed by atoms with Crippen LogP contribution >= 0.6 is 0 Å². The molecule has 0 atom stereocenters. The lowest BCUT2D eigenvalue weighted by atomic mass is 9.74. The molecule has 0 N–H and O–H groups in total. The zero-order valence-electron chi connectivity index (χ0n) is 22.9. The highest BCUT2D eigenvalue weighted by Gasteiger charge is 2.25. The summed E-state index contributed by atoms with van der Waals surface area (Å²) in [6, 6.07) is 9.89. The van der Waals surface area contributed by atoms with Gasteiger partial charge in [0.25, 0.3) is 0 Å². The van der Waals surface area contributed by atoms with Gasteiger partial charge < -0.3 is 0 Å². The number of benzene rings is 1. The van der Waals surface area contributed by atoms with Gasteiger partial charge >= 0.3 is 0 Å². The Kier molecular flexibility index (Phi) is 10.9. The molecule has 0 aliphatic heterocycles. The Morgan fingerprint density at radius 2 is 0.853 bits per heavy atom. The topological polar surface area (TPSA) is 0 Å². The summed E-state index contributed by atoms with van der Waals surface area (Å²) in [5, 5.41) is 0. The Morgan fingerprint density at radius 3 is 1.29 bits per heavy atom. The summed E-state index contributed by atoms with van der Waals surface area (Å²) < 4.78 is 0. The normalized spacial score (nSPS) is 32.5. The largest absolute Gasteiger partial charge is 0.0654 e. The van der Waals surface area contributed by atoms with E-state index in [0.717, 1.165) is 35.5 Å². The highest BCUT2D eigenvalue weighted by molar-refractivity contribution is 5.26. The van der Waals surface area contributed by atoms with Crippen LogP contribution in [0.1, 0.15) is 153 Å². The second kappa shape index (κ2) is 14.1. The zero-order chi connectivity index (χ0) is 23.6. The van der Waals surface area contributed by atoms with Crippen molar-refractivity contribution in [2.24, 2.45) is 29.6 Å². The van der Waals surface area contributed by atoms with E-state index in [1.807, 2.05) is 0 Å². The van der Waals surface area contributed by atoms with Crippen LogP contribution in [0.4, 0.5) is 0 Å². The molecule has 0 bridgehead atoms. The molecule has 1 aromatic carbocycles. The minimum atomic E-state index is 0.837. The van der Waals surface area contributed by atoms with Gasteiger partial charge in [-0.15, -0.1) is 0 Å². The van der Waals surface area contributed by atoms with Crippen molar-refractivity contribution < 1.29 is 0 Å². The van der Waals surface area contributed by atoms with Gasteiger partial charge in [-0.3, -0.25) is 0 Å². The Balaban J connectivity index is 1.09. The summed E-state index contributed by atoms with van der Waals surface area (Å²) in [5.41, 5.74) is 3.21. The Labute approximate surface area is 213 Å². The van der Waals surface area contributed by atoms with Crippen molar-refractivity contribution in [2.75, 3.05) is 0 Å². The fourth-order valence-corrected chi connectivity index (χ4v) is 8.02. The number of hydrogen-bond donors (Lipinski definition) is 0. The lowest BCUT2D eigenvalue weighted by Gasteiger charge is -2.32. The van der Waals surface area contributed by atoms with Gasteiger partial charge in [-0.05, 0) is 85.2 Å². The van der Waals surface area contributed by atoms with Crippen LogP contribution in [0, 0.1) is 29.6 Å². The third kappa shape index (κ3) is 8.13. The average Bonchev–Trinajstić information content (AvgIpc) is 2.89. The van der Waals surface area contributed by atoms with Gasteiger partial charge in [0.05, 0.1) is 0 Å². The Bertz CT molecular complexity index is 648. The van der Waals surface area contributed by atoms with Gasteiger partial charge in [0.15, 0.2) is 0 Å². The molecule has 0 amide bonds. The first kappa shape index (κ1) is 26.3. The third-order valence-electron chi connectivity index (χ3n) is 10.4. The highest BCUT2D eigenvalue weighted by atomic mass is 14.3. The van der Waals surface area contributed by atoms with Crippen LogP contribution in [0.25, 0.3) is 0 Å². The average molecular weight is 465 g/mol. The van der Waals surface area contributed by atoms with E-state index in [0.29, 0.717) is 0 Å². The van der Waals surface area contributed by atoms with Crippen LogP contribution in [-0.2, 0) is 6.42 Å². The van der Waals surface area contributed by atoms with Crippen LogP contribution in [0.5, 0.6) is 0 Å². The van der Waals surface area contributed by atoms with Crippen molar-refractivity contribution in [3.8, 4) is 0 Å². The zero-order valence-corrected chi connectivity index (χ0v) is 22.9. The monoisotopic (exact) mass is 464 g/mol. The molecule has 4 rings (SSSR count). The minimum absolute atomic E-state index is 0.837. The van der Waals surface area contributed by atoms with Gasteiger partial charge in [-0.1, -0.05) is 128 Å². The summed E-state index contributed by atoms with van der Waals surface area (Å²) in [5.74, 6) is 6.04. The van der Waals surface area contributed by atoms with Crippen molar-refractivity contribution in [3.05, 3.63) is 35.4 Å². The maximum absolute atomic E-state index is 2.48. The molecular weight excluding hydrogens is 408 g/mol. The molecule has 0 radical (unpaired) electrons. The van der Waals surface area contributed by atoms with Gasteiger partial charge in [-0.25, -0.2) is 0 Å². The third-order valence-corrected chi connectivity index (χ3v) is 10.4. The van der Waals surface area contributed by atoms with Crippen molar-refractivity contribution in [1.82, 2.24) is 0 Å². The van der Waals surface area contributed by atoms with Crippen molar-refractivity contribution >= 4 is 0 Å². The smallest absolute Gasteiger partial charge is 0.0162 e. The first-order valence-corrected chi connectivity index (χ1v) is 15.8. The molecule has 0 aromatic heterocycles. The predicted molar refractivity (Wildman–Crippen MR) is 149 cm³/mol. The van der Waals surface area contributed by atoms with Gasteiger partial charge in [0.1, 0.15) is 0 Å². The number of hydrogen-bond acceptors (Lipinski definition) is 0. The maximum atomic E-state index is 2.48. The molecule has 0 nitrogen and oxygen atoms in total. The molecule has 0 spiro atoms. The molecule has 3 aliphatic rings. The standard InChI is InChI=1S/C34H56/c1-3-5-27-7-9-29(10-8-27)11-12-30-13-15-31(16-14-30)17-18-32-21-25-34(26-22-32)33-23-19-28(6-4-2)20-24-33/h21-22,25-31,33H,3-20,23-24H2,1-2H3/t27-,28-,29-,30-,31-,33-. The fourth-order valence-electron chi connectivity index (χ4n) is 8.02. The van der Waals surface area contributed by atoms with E-state index >= 15 is 0 Å². The van der Waals surface area contributed by atoms with Crippen LogP contribution in [-0.4, -0.2) is 0 Å². The van der Waals surface area contributed by atoms with E-state index in [-0.39, 0.29) is 0 Å². The van der Waals surface area contributed by atoms with E-state index in [9.17, 15) is 0 Å². The van der Waals surface area contributed by atoms with Crippen molar-refractivity contribution in [1.29, 1.82) is 0 Å². The molecule has 0 unspecified atom stereocenters. The van der Waals surface area contributed by atoms with Gasteiger partial charge in [0.2, 0.25) is 0 Å². The first-order valence-electron chi connectivity index (χ1n) is 15.8. The summed E-state index contributed by atoms with van der Waals surface area (Å²) in [6.07, 6.45) is 29.5. The molecule has 192 valence electrons. The van der Waals surface area contributed by atoms with E-state index in [2.05, 4.69) is 38.1 Å². The van der Waals surface area contributed by atoms with Gasteiger partial charge in [-0.2, -0.15) is 0 Å². The van der Waals surface area contributed by atoms with Crippen LogP contribution in [0.3, 0.4) is 0 Å². The molecular formula is C34H56. The number of aryl methyl sites for hydroxylation is 1. The van der Waals surface area contributed by atoms with E-state index < -0.39 is 0 Å². The maximum Gasteiger partial charge on any atom is -0.0162 e. The fraction of sp³-hybridized carbons (Fsp3) is 0.824. The summed E-state index contributed by atoms with van der Waals surface area (Å²) in [7, 11) is 0. The van der Waals surface area contributed by atoms with E-state index in [1.54, 1.807) is 30.4 Å². The molecule has 3 fully saturated rings. The quantitative estimate of drug-likeness (QED) is 0.305. The van der Waals surface area contributed by atoms with E-state index in [1.165, 1.54) is 109 Å². The van der Waals surface area contributed by atoms with Crippen LogP contribution in [0.2, 0.25) is 0 Å². The molecule has 3 aliphatic carbocycles. The lowest BCUT2D eigenvalue weighted by molar-refractivity contribution is 0.209.